The molecule has 0 saturated carbocycles. The number of nitrogens with zero attached hydrogens (tertiary/aromatic N) is 2. The number of benzene rings is 1. The Bertz CT molecular complexity index is 648. The summed E-state index contributed by atoms with van der Waals surface area (Å²) in [6.45, 7) is 5.51. The maximum atomic E-state index is 12.4. The molecule has 1 aliphatic heterocycles. The van der Waals surface area contributed by atoms with Crippen molar-refractivity contribution < 1.29 is 4.79 Å². The van der Waals surface area contributed by atoms with Crippen molar-refractivity contribution in [2.24, 2.45) is 0 Å². The van der Waals surface area contributed by atoms with Crippen molar-refractivity contribution in [3.8, 4) is 0 Å². The lowest BCUT2D eigenvalue weighted by molar-refractivity contribution is 0.0906. The van der Waals surface area contributed by atoms with Crippen LogP contribution < -0.4 is 5.32 Å². The molecule has 116 valence electrons. The van der Waals surface area contributed by atoms with E-state index in [0.29, 0.717) is 5.69 Å². The van der Waals surface area contributed by atoms with Crippen molar-refractivity contribution in [3.63, 3.8) is 0 Å². The Kier molecular flexibility index (Phi) is 4.68. The van der Waals surface area contributed by atoms with Crippen LogP contribution in [0, 0.1) is 0 Å². The highest BCUT2D eigenvalue weighted by Gasteiger charge is 2.21. The highest BCUT2D eigenvalue weighted by molar-refractivity contribution is 5.95. The number of carbonyl (C=O) groups excluding carboxylic acids is 1. The van der Waals surface area contributed by atoms with Crippen LogP contribution in [-0.4, -0.2) is 41.5 Å². The second-order valence-corrected chi connectivity index (χ2v) is 5.98. The summed E-state index contributed by atoms with van der Waals surface area (Å²) in [7, 11) is 0. The normalized spacial score (nSPS) is 16.8. The lowest BCUT2D eigenvalue weighted by Gasteiger charge is -2.32. The van der Waals surface area contributed by atoms with Crippen LogP contribution in [0.5, 0.6) is 0 Å². The third kappa shape index (κ3) is 3.45. The van der Waals surface area contributed by atoms with E-state index in [1.54, 1.807) is 0 Å². The van der Waals surface area contributed by atoms with E-state index in [9.17, 15) is 4.79 Å². The van der Waals surface area contributed by atoms with Gasteiger partial charge in [-0.3, -0.25) is 4.79 Å². The van der Waals surface area contributed by atoms with E-state index in [-0.39, 0.29) is 11.9 Å². The van der Waals surface area contributed by atoms with E-state index >= 15 is 0 Å². The molecule has 4 nitrogen and oxygen atoms in total. The first-order chi connectivity index (χ1) is 10.8. The molecule has 2 heterocycles. The first-order valence-corrected chi connectivity index (χ1v) is 8.15. The van der Waals surface area contributed by atoms with Crippen LogP contribution in [0.4, 0.5) is 0 Å². The van der Waals surface area contributed by atoms with Crippen LogP contribution in [0.3, 0.4) is 0 Å². The van der Waals surface area contributed by atoms with E-state index in [0.717, 1.165) is 43.4 Å². The van der Waals surface area contributed by atoms with Gasteiger partial charge in [0.05, 0.1) is 5.52 Å². The molecule has 1 N–H and O–H groups in total. The highest BCUT2D eigenvalue weighted by Crippen LogP contribution is 2.14. The number of aromatic nitrogens is 1. The van der Waals surface area contributed by atoms with Crippen molar-refractivity contribution in [2.75, 3.05) is 19.6 Å². The van der Waals surface area contributed by atoms with Gasteiger partial charge in [0.1, 0.15) is 5.69 Å². The minimum atomic E-state index is -0.0558. The van der Waals surface area contributed by atoms with E-state index in [1.165, 1.54) is 6.42 Å². The lowest BCUT2D eigenvalue weighted by atomic mass is 10.0. The predicted octanol–water partition coefficient (Wildman–Crippen LogP) is 2.84. The zero-order chi connectivity index (χ0) is 15.4. The van der Waals surface area contributed by atoms with Gasteiger partial charge in [-0.15, -0.1) is 0 Å². The van der Waals surface area contributed by atoms with Gasteiger partial charge in [0.15, 0.2) is 0 Å². The first kappa shape index (κ1) is 15.0. The van der Waals surface area contributed by atoms with E-state index in [2.05, 4.69) is 22.1 Å². The van der Waals surface area contributed by atoms with Crippen LogP contribution >= 0.6 is 0 Å². The Morgan fingerprint density at radius 2 is 2.00 bits per heavy atom. The summed E-state index contributed by atoms with van der Waals surface area (Å²) in [5.41, 5.74) is 1.38. The van der Waals surface area contributed by atoms with Gasteiger partial charge in [0.25, 0.3) is 5.91 Å². The fourth-order valence-electron chi connectivity index (χ4n) is 3.07. The summed E-state index contributed by atoms with van der Waals surface area (Å²) in [6.07, 6.45) is 3.25. The molecule has 3 rings (SSSR count). The molecule has 4 heteroatoms. The molecule has 1 aromatic heterocycles. The molecule has 1 saturated heterocycles. The van der Waals surface area contributed by atoms with Crippen LogP contribution in [0.1, 0.15) is 36.7 Å². The lowest BCUT2D eigenvalue weighted by Crippen LogP contribution is -2.44. The van der Waals surface area contributed by atoms with Gasteiger partial charge in [0, 0.05) is 24.5 Å². The monoisotopic (exact) mass is 297 g/mol. The predicted molar refractivity (Wildman–Crippen MR) is 89.0 cm³/mol. The molecule has 0 radical (unpaired) electrons. The summed E-state index contributed by atoms with van der Waals surface area (Å²) in [6, 6.07) is 11.9. The average Bonchev–Trinajstić information content (AvgIpc) is 2.56. The van der Waals surface area contributed by atoms with Gasteiger partial charge >= 0.3 is 0 Å². The van der Waals surface area contributed by atoms with Gasteiger partial charge < -0.3 is 10.2 Å². The number of amides is 1. The maximum Gasteiger partial charge on any atom is 0.270 e. The number of nitrogens with one attached hydrogen (secondary N) is 1. The standard InChI is InChI=1S/C18H23N3O/c1-2-11-21-12-9-15(10-13-21)19-18(22)17-8-7-14-5-3-4-6-16(14)20-17/h3-8,15H,2,9-13H2,1H3,(H,19,22). The van der Waals surface area contributed by atoms with Gasteiger partial charge in [-0.05, 0) is 37.9 Å². The largest absolute Gasteiger partial charge is 0.348 e. The SMILES string of the molecule is CCCN1CCC(NC(=O)c2ccc3ccccc3n2)CC1. The number of piperidine rings is 1. The summed E-state index contributed by atoms with van der Waals surface area (Å²) >= 11 is 0. The number of hydrogen-bond acceptors (Lipinski definition) is 3. The average molecular weight is 297 g/mol. The van der Waals surface area contributed by atoms with Crippen molar-refractivity contribution in [1.82, 2.24) is 15.2 Å². The Labute approximate surface area is 131 Å². The number of fused-ring (bicyclic) bond motifs is 1. The highest BCUT2D eigenvalue weighted by atomic mass is 16.1. The number of hydrogen-bond donors (Lipinski definition) is 1. The number of likely N-dealkylation sites (tertiary alicyclic amines) is 1. The third-order valence-electron chi connectivity index (χ3n) is 4.29. The van der Waals surface area contributed by atoms with Gasteiger partial charge in [0.2, 0.25) is 0 Å². The van der Waals surface area contributed by atoms with Crippen LogP contribution in [0.15, 0.2) is 36.4 Å². The zero-order valence-corrected chi connectivity index (χ0v) is 13.1. The zero-order valence-electron chi connectivity index (χ0n) is 13.1. The van der Waals surface area contributed by atoms with Crippen molar-refractivity contribution in [3.05, 3.63) is 42.1 Å². The van der Waals surface area contributed by atoms with E-state index in [1.807, 2.05) is 36.4 Å². The topological polar surface area (TPSA) is 45.2 Å². The summed E-state index contributed by atoms with van der Waals surface area (Å²) < 4.78 is 0. The van der Waals surface area contributed by atoms with Crippen molar-refractivity contribution in [1.29, 1.82) is 0 Å². The summed E-state index contributed by atoms with van der Waals surface area (Å²) in [5.74, 6) is -0.0558. The van der Waals surface area contributed by atoms with Crippen LogP contribution in [0.25, 0.3) is 10.9 Å². The molecule has 1 fully saturated rings. The fraction of sp³-hybridized carbons (Fsp3) is 0.444. The molecule has 1 aromatic carbocycles. The van der Waals surface area contributed by atoms with Crippen LogP contribution in [-0.2, 0) is 0 Å². The van der Waals surface area contributed by atoms with E-state index in [4.69, 9.17) is 0 Å². The molecule has 0 spiro atoms. The molecule has 0 unspecified atom stereocenters. The number of carbonyl (C=O) groups is 1. The Hall–Kier alpha value is -1.94. The van der Waals surface area contributed by atoms with Crippen molar-refractivity contribution >= 4 is 16.8 Å². The number of pyridine rings is 1. The first-order valence-electron chi connectivity index (χ1n) is 8.15. The smallest absolute Gasteiger partial charge is 0.270 e. The summed E-state index contributed by atoms with van der Waals surface area (Å²) in [4.78, 5) is 19.3. The molecule has 0 atom stereocenters. The van der Waals surface area contributed by atoms with E-state index < -0.39 is 0 Å². The maximum absolute atomic E-state index is 12.4. The molecule has 1 amide bonds. The molecule has 22 heavy (non-hydrogen) atoms. The van der Waals surface area contributed by atoms with Gasteiger partial charge in [-0.1, -0.05) is 31.2 Å². The number of para-hydroxylation sites is 1. The molecule has 0 bridgehead atoms. The van der Waals surface area contributed by atoms with Gasteiger partial charge in [-0.25, -0.2) is 4.98 Å². The Morgan fingerprint density at radius 1 is 1.23 bits per heavy atom. The minimum absolute atomic E-state index is 0.0558. The second kappa shape index (κ2) is 6.88. The Balaban J connectivity index is 1.61. The van der Waals surface area contributed by atoms with Crippen LogP contribution in [0.2, 0.25) is 0 Å². The number of rotatable bonds is 4. The third-order valence-corrected chi connectivity index (χ3v) is 4.29. The molecule has 0 aliphatic carbocycles. The quantitative estimate of drug-likeness (QED) is 0.944. The molecule has 2 aromatic rings. The summed E-state index contributed by atoms with van der Waals surface area (Å²) in [5, 5.41) is 4.20. The fourth-order valence-corrected chi connectivity index (χ4v) is 3.07. The molecular weight excluding hydrogens is 274 g/mol. The van der Waals surface area contributed by atoms with Gasteiger partial charge in [-0.2, -0.15) is 0 Å². The second-order valence-electron chi connectivity index (χ2n) is 5.98. The minimum Gasteiger partial charge on any atom is -0.348 e. The van der Waals surface area contributed by atoms with Crippen molar-refractivity contribution in [2.45, 2.75) is 32.2 Å². The molecular formula is C18H23N3O. The Morgan fingerprint density at radius 3 is 2.77 bits per heavy atom. The molecule has 1 aliphatic rings.